The topological polar surface area (TPSA) is 75.2 Å². The number of pyridine rings is 1. The molecule has 5 nitrogen and oxygen atoms in total. The number of nitrogens with zero attached hydrogens (tertiary/aromatic N) is 1. The quantitative estimate of drug-likeness (QED) is 0.316. The van der Waals surface area contributed by atoms with Gasteiger partial charge in [-0.1, -0.05) is 54.4 Å². The number of aromatic amines is 1. The van der Waals surface area contributed by atoms with Crippen LogP contribution in [0.4, 0.5) is 0 Å². The summed E-state index contributed by atoms with van der Waals surface area (Å²) in [5, 5.41) is 10.7. The maximum absolute atomic E-state index is 11.9. The fourth-order valence-corrected chi connectivity index (χ4v) is 4.43. The number of hydrogen-bond acceptors (Lipinski definition) is 3. The van der Waals surface area contributed by atoms with Crippen molar-refractivity contribution in [2.45, 2.75) is 52.6 Å². The van der Waals surface area contributed by atoms with Crippen molar-refractivity contribution in [2.75, 3.05) is 6.61 Å². The van der Waals surface area contributed by atoms with Crippen molar-refractivity contribution in [1.82, 2.24) is 9.97 Å². The Balaban J connectivity index is 1.78. The molecular formula is C29H32N2O3. The van der Waals surface area contributed by atoms with Crippen molar-refractivity contribution in [3.8, 4) is 11.3 Å². The molecule has 4 aromatic rings. The lowest BCUT2D eigenvalue weighted by molar-refractivity contribution is -0.142. The van der Waals surface area contributed by atoms with Crippen molar-refractivity contribution in [2.24, 2.45) is 0 Å². The zero-order valence-electron chi connectivity index (χ0n) is 20.5. The van der Waals surface area contributed by atoms with Gasteiger partial charge in [-0.25, -0.2) is 4.98 Å². The SMILES string of the molecule is Cc1cc(C)cc(-c2[nH]c3ncc(C(C)(C)C(=O)O)cc3c2[C@H](C)COCc2ccccc2)c1. The second-order valence-electron chi connectivity index (χ2n) is 9.74. The van der Waals surface area contributed by atoms with Crippen molar-refractivity contribution in [3.05, 3.63) is 88.6 Å². The molecule has 0 spiro atoms. The Morgan fingerprint density at radius 1 is 1.09 bits per heavy atom. The third-order valence-electron chi connectivity index (χ3n) is 6.43. The van der Waals surface area contributed by atoms with E-state index in [2.05, 4.69) is 61.1 Å². The molecule has 4 rings (SSSR count). The first kappa shape index (κ1) is 23.7. The predicted octanol–water partition coefficient (Wildman–Crippen LogP) is 6.53. The molecule has 0 saturated heterocycles. The molecular weight excluding hydrogens is 424 g/mol. The van der Waals surface area contributed by atoms with Crippen LogP contribution in [0.3, 0.4) is 0 Å². The van der Waals surface area contributed by atoms with Crippen LogP contribution in [0.5, 0.6) is 0 Å². The Kier molecular flexibility index (Phi) is 6.58. The molecule has 0 unspecified atom stereocenters. The molecule has 0 bridgehead atoms. The lowest BCUT2D eigenvalue weighted by Gasteiger charge is -2.20. The standard InChI is InChI=1S/C29H32N2O3/c1-18-11-19(2)13-22(12-18)26-25(20(3)16-34-17-21-9-7-6-8-10-21)24-14-23(15-30-27(24)31-26)29(4,5)28(32)33/h6-15,20H,16-17H2,1-5H3,(H,30,31)(H,32,33)/t20-/m1/s1. The van der Waals surface area contributed by atoms with Crippen LogP contribution in [0.1, 0.15) is 54.5 Å². The number of rotatable bonds is 8. The number of hydrogen-bond donors (Lipinski definition) is 2. The minimum atomic E-state index is -1.04. The number of nitrogens with one attached hydrogen (secondary N) is 1. The Morgan fingerprint density at radius 2 is 1.76 bits per heavy atom. The first-order valence-corrected chi connectivity index (χ1v) is 11.6. The molecule has 5 heteroatoms. The Bertz CT molecular complexity index is 1300. The summed E-state index contributed by atoms with van der Waals surface area (Å²) >= 11 is 0. The van der Waals surface area contributed by atoms with Gasteiger partial charge in [-0.3, -0.25) is 4.79 Å². The van der Waals surface area contributed by atoms with Crippen molar-refractivity contribution in [3.63, 3.8) is 0 Å². The summed E-state index contributed by atoms with van der Waals surface area (Å²) in [7, 11) is 0. The van der Waals surface area contributed by atoms with Crippen LogP contribution in [0, 0.1) is 13.8 Å². The molecule has 34 heavy (non-hydrogen) atoms. The molecule has 1 atom stereocenters. The number of aryl methyl sites for hydroxylation is 2. The highest BCUT2D eigenvalue weighted by Crippen LogP contribution is 2.38. The second-order valence-corrected chi connectivity index (χ2v) is 9.74. The summed E-state index contributed by atoms with van der Waals surface area (Å²) in [6, 6.07) is 18.6. The van der Waals surface area contributed by atoms with E-state index in [0.717, 1.165) is 33.4 Å². The fourth-order valence-electron chi connectivity index (χ4n) is 4.43. The highest BCUT2D eigenvalue weighted by atomic mass is 16.5. The summed E-state index contributed by atoms with van der Waals surface area (Å²) in [4.78, 5) is 20.0. The molecule has 176 valence electrons. The Labute approximate surface area is 200 Å². The van der Waals surface area contributed by atoms with E-state index in [0.29, 0.717) is 18.8 Å². The lowest BCUT2D eigenvalue weighted by atomic mass is 9.84. The number of fused-ring (bicyclic) bond motifs is 1. The average molecular weight is 457 g/mol. The number of ether oxygens (including phenoxy) is 1. The summed E-state index contributed by atoms with van der Waals surface area (Å²) in [6.07, 6.45) is 1.67. The van der Waals surface area contributed by atoms with Gasteiger partial charge in [0.05, 0.1) is 24.3 Å². The molecule has 2 aromatic carbocycles. The van der Waals surface area contributed by atoms with Gasteiger partial charge in [0.15, 0.2) is 0 Å². The van der Waals surface area contributed by atoms with E-state index in [4.69, 9.17) is 4.74 Å². The summed E-state index contributed by atoms with van der Waals surface area (Å²) in [5.41, 5.74) is 7.11. The summed E-state index contributed by atoms with van der Waals surface area (Å²) < 4.78 is 6.10. The molecule has 0 radical (unpaired) electrons. The first-order chi connectivity index (χ1) is 16.2. The molecule has 2 N–H and O–H groups in total. The van der Waals surface area contributed by atoms with Gasteiger partial charge in [0.1, 0.15) is 5.65 Å². The van der Waals surface area contributed by atoms with Gasteiger partial charge >= 0.3 is 5.97 Å². The van der Waals surface area contributed by atoms with Gasteiger partial charge in [-0.05, 0) is 68.1 Å². The van der Waals surface area contributed by atoms with E-state index in [-0.39, 0.29) is 5.92 Å². The van der Waals surface area contributed by atoms with Crippen LogP contribution in [-0.2, 0) is 21.6 Å². The monoisotopic (exact) mass is 456 g/mol. The van der Waals surface area contributed by atoms with Gasteiger partial charge in [-0.2, -0.15) is 0 Å². The first-order valence-electron chi connectivity index (χ1n) is 11.6. The molecule has 0 aliphatic heterocycles. The summed E-state index contributed by atoms with van der Waals surface area (Å²) in [6.45, 7) is 10.8. The Morgan fingerprint density at radius 3 is 2.41 bits per heavy atom. The lowest BCUT2D eigenvalue weighted by Crippen LogP contribution is -2.28. The smallest absolute Gasteiger partial charge is 0.313 e. The maximum atomic E-state index is 11.9. The van der Waals surface area contributed by atoms with Gasteiger partial charge in [0.25, 0.3) is 0 Å². The minimum absolute atomic E-state index is 0.0678. The number of carbonyl (C=O) groups is 1. The molecule has 0 saturated carbocycles. The van der Waals surface area contributed by atoms with Crippen molar-refractivity contribution < 1.29 is 14.6 Å². The number of H-pyrrole nitrogens is 1. The third-order valence-corrected chi connectivity index (χ3v) is 6.43. The number of aromatic nitrogens is 2. The van der Waals surface area contributed by atoms with Crippen LogP contribution in [0.2, 0.25) is 0 Å². The molecule has 2 heterocycles. The third kappa shape index (κ3) is 4.75. The van der Waals surface area contributed by atoms with Crippen LogP contribution >= 0.6 is 0 Å². The highest BCUT2D eigenvalue weighted by molar-refractivity contribution is 5.91. The van der Waals surface area contributed by atoms with Gasteiger partial charge < -0.3 is 14.8 Å². The number of aliphatic carboxylic acids is 1. The summed E-state index contributed by atoms with van der Waals surface area (Å²) in [5.74, 6) is -0.808. The van der Waals surface area contributed by atoms with Crippen LogP contribution < -0.4 is 0 Å². The van der Waals surface area contributed by atoms with Gasteiger partial charge in [-0.15, -0.1) is 0 Å². The van der Waals surface area contributed by atoms with E-state index >= 15 is 0 Å². The zero-order chi connectivity index (χ0) is 24.5. The fraction of sp³-hybridized carbons (Fsp3) is 0.310. The highest BCUT2D eigenvalue weighted by Gasteiger charge is 2.31. The Hall–Kier alpha value is -3.44. The molecule has 0 fully saturated rings. The number of carboxylic acid groups (broad SMARTS) is 1. The largest absolute Gasteiger partial charge is 0.481 e. The van der Waals surface area contributed by atoms with Crippen LogP contribution in [-0.4, -0.2) is 27.7 Å². The molecule has 2 aromatic heterocycles. The minimum Gasteiger partial charge on any atom is -0.481 e. The van der Waals surface area contributed by atoms with E-state index in [9.17, 15) is 9.90 Å². The predicted molar refractivity (Wildman–Crippen MR) is 136 cm³/mol. The zero-order valence-corrected chi connectivity index (χ0v) is 20.5. The number of carboxylic acids is 1. The van der Waals surface area contributed by atoms with E-state index in [1.165, 1.54) is 11.1 Å². The van der Waals surface area contributed by atoms with Crippen molar-refractivity contribution in [1.29, 1.82) is 0 Å². The normalized spacial score (nSPS) is 12.7. The van der Waals surface area contributed by atoms with Crippen LogP contribution in [0.15, 0.2) is 60.8 Å². The van der Waals surface area contributed by atoms with Gasteiger partial charge in [0.2, 0.25) is 0 Å². The molecule has 0 aliphatic rings. The van der Waals surface area contributed by atoms with Crippen molar-refractivity contribution >= 4 is 17.0 Å². The number of benzene rings is 2. The van der Waals surface area contributed by atoms with E-state index in [1.807, 2.05) is 24.3 Å². The molecule has 0 aliphatic carbocycles. The van der Waals surface area contributed by atoms with E-state index < -0.39 is 11.4 Å². The van der Waals surface area contributed by atoms with E-state index in [1.54, 1.807) is 20.0 Å². The average Bonchev–Trinajstić information content (AvgIpc) is 3.18. The second kappa shape index (κ2) is 9.43. The van der Waals surface area contributed by atoms with Gasteiger partial charge in [0, 0.05) is 17.5 Å². The maximum Gasteiger partial charge on any atom is 0.313 e. The molecule has 0 amide bonds. The van der Waals surface area contributed by atoms with Crippen LogP contribution in [0.25, 0.3) is 22.3 Å².